The molecule has 106 valence electrons. The van der Waals surface area contributed by atoms with Gasteiger partial charge in [-0.05, 0) is 30.0 Å². The number of anilines is 1. The molecule has 0 spiro atoms. The summed E-state index contributed by atoms with van der Waals surface area (Å²) in [6.45, 7) is 2.28. The first-order chi connectivity index (χ1) is 9.70. The topological polar surface area (TPSA) is 61.3 Å². The van der Waals surface area contributed by atoms with Crippen molar-refractivity contribution < 1.29 is 9.26 Å². The Morgan fingerprint density at radius 1 is 1.35 bits per heavy atom. The summed E-state index contributed by atoms with van der Waals surface area (Å²) in [5, 5.41) is 4.24. The van der Waals surface area contributed by atoms with Gasteiger partial charge in [0.25, 0.3) is 0 Å². The molecule has 2 aromatic rings. The highest BCUT2D eigenvalue weighted by Gasteiger charge is 2.31. The molecule has 4 nitrogen and oxygen atoms in total. The van der Waals surface area contributed by atoms with Gasteiger partial charge in [0.15, 0.2) is 0 Å². The summed E-state index contributed by atoms with van der Waals surface area (Å²) in [5.41, 5.74) is 8.95. The molecule has 0 radical (unpaired) electrons. The zero-order valence-electron chi connectivity index (χ0n) is 11.9. The van der Waals surface area contributed by atoms with Crippen molar-refractivity contribution in [1.82, 2.24) is 5.16 Å². The minimum Gasteiger partial charge on any atom is -0.497 e. The second kappa shape index (κ2) is 5.19. The third-order valence-electron chi connectivity index (χ3n) is 4.32. The van der Waals surface area contributed by atoms with Gasteiger partial charge < -0.3 is 15.0 Å². The molecule has 0 bridgehead atoms. The first-order valence-electron chi connectivity index (χ1n) is 7.10. The van der Waals surface area contributed by atoms with Crippen LogP contribution < -0.4 is 10.5 Å². The van der Waals surface area contributed by atoms with Gasteiger partial charge in [-0.3, -0.25) is 0 Å². The highest BCUT2D eigenvalue weighted by atomic mass is 16.5. The van der Waals surface area contributed by atoms with Crippen molar-refractivity contribution in [2.24, 2.45) is 5.92 Å². The average molecular weight is 272 g/mol. The largest absolute Gasteiger partial charge is 0.497 e. The standard InChI is InChI=1S/C16H20N2O2/c1-10-5-3-8-13(10)15-14(16(17)20-18-15)11-6-4-7-12(9-11)19-2/h4,6-7,9-10,13H,3,5,8,17H2,1-2H3. The fourth-order valence-electron chi connectivity index (χ4n) is 3.19. The Hall–Kier alpha value is -1.97. The van der Waals surface area contributed by atoms with E-state index in [2.05, 4.69) is 12.1 Å². The number of rotatable bonds is 3. The second-order valence-electron chi connectivity index (χ2n) is 5.55. The predicted octanol–water partition coefficient (Wildman–Crippen LogP) is 3.84. The van der Waals surface area contributed by atoms with E-state index in [9.17, 15) is 0 Å². The van der Waals surface area contributed by atoms with Gasteiger partial charge in [-0.1, -0.05) is 37.1 Å². The summed E-state index contributed by atoms with van der Waals surface area (Å²) >= 11 is 0. The van der Waals surface area contributed by atoms with Crippen LogP contribution in [0, 0.1) is 5.92 Å². The molecule has 20 heavy (non-hydrogen) atoms. The summed E-state index contributed by atoms with van der Waals surface area (Å²) in [6.07, 6.45) is 3.65. The normalized spacial score (nSPS) is 22.1. The Kier molecular flexibility index (Phi) is 3.38. The number of aromatic nitrogens is 1. The van der Waals surface area contributed by atoms with Crippen molar-refractivity contribution in [3.8, 4) is 16.9 Å². The predicted molar refractivity (Wildman–Crippen MR) is 78.7 cm³/mol. The van der Waals surface area contributed by atoms with Crippen LogP contribution in [0.3, 0.4) is 0 Å². The van der Waals surface area contributed by atoms with Crippen LogP contribution in [0.1, 0.15) is 37.8 Å². The second-order valence-corrected chi connectivity index (χ2v) is 5.55. The minimum atomic E-state index is 0.396. The van der Waals surface area contributed by atoms with Crippen molar-refractivity contribution in [1.29, 1.82) is 0 Å². The molecule has 2 atom stereocenters. The molecule has 1 aliphatic carbocycles. The molecule has 2 N–H and O–H groups in total. The maximum atomic E-state index is 6.01. The maximum absolute atomic E-state index is 6.01. The number of hydrogen-bond donors (Lipinski definition) is 1. The number of ether oxygens (including phenoxy) is 1. The van der Waals surface area contributed by atoms with Gasteiger partial charge in [-0.15, -0.1) is 0 Å². The van der Waals surface area contributed by atoms with E-state index < -0.39 is 0 Å². The lowest BCUT2D eigenvalue weighted by Gasteiger charge is -2.14. The van der Waals surface area contributed by atoms with E-state index in [1.54, 1.807) is 7.11 Å². The van der Waals surface area contributed by atoms with E-state index in [1.165, 1.54) is 12.8 Å². The first kappa shape index (κ1) is 13.0. The molecule has 1 heterocycles. The number of methoxy groups -OCH3 is 1. The molecule has 0 aliphatic heterocycles. The Bertz CT molecular complexity index is 606. The lowest BCUT2D eigenvalue weighted by atomic mass is 9.90. The Morgan fingerprint density at radius 2 is 2.20 bits per heavy atom. The molecule has 1 aliphatic rings. The molecule has 4 heteroatoms. The summed E-state index contributed by atoms with van der Waals surface area (Å²) < 4.78 is 10.6. The molecular formula is C16H20N2O2. The van der Waals surface area contributed by atoms with E-state index in [0.717, 1.165) is 29.0 Å². The van der Waals surface area contributed by atoms with E-state index in [4.69, 9.17) is 15.0 Å². The smallest absolute Gasteiger partial charge is 0.230 e. The van der Waals surface area contributed by atoms with Gasteiger partial charge >= 0.3 is 0 Å². The molecule has 0 saturated heterocycles. The number of nitrogen functional groups attached to an aromatic ring is 1. The van der Waals surface area contributed by atoms with Gasteiger partial charge in [0.2, 0.25) is 5.88 Å². The Balaban J connectivity index is 2.06. The van der Waals surface area contributed by atoms with Crippen LogP contribution in [0.5, 0.6) is 5.75 Å². The highest BCUT2D eigenvalue weighted by Crippen LogP contribution is 2.44. The van der Waals surface area contributed by atoms with Crippen molar-refractivity contribution >= 4 is 5.88 Å². The van der Waals surface area contributed by atoms with Crippen molar-refractivity contribution in [2.75, 3.05) is 12.8 Å². The third-order valence-corrected chi connectivity index (χ3v) is 4.32. The van der Waals surface area contributed by atoms with Gasteiger partial charge in [0.05, 0.1) is 18.4 Å². The van der Waals surface area contributed by atoms with Crippen LogP contribution in [0.2, 0.25) is 0 Å². The van der Waals surface area contributed by atoms with Crippen LogP contribution in [-0.2, 0) is 0 Å². The third kappa shape index (κ3) is 2.15. The van der Waals surface area contributed by atoms with Crippen molar-refractivity contribution in [3.05, 3.63) is 30.0 Å². The number of hydrogen-bond acceptors (Lipinski definition) is 4. The highest BCUT2D eigenvalue weighted by molar-refractivity contribution is 5.76. The van der Waals surface area contributed by atoms with E-state index in [0.29, 0.717) is 17.7 Å². The fourth-order valence-corrected chi connectivity index (χ4v) is 3.19. The van der Waals surface area contributed by atoms with Crippen LogP contribution >= 0.6 is 0 Å². The minimum absolute atomic E-state index is 0.396. The van der Waals surface area contributed by atoms with Crippen molar-refractivity contribution in [2.45, 2.75) is 32.1 Å². The van der Waals surface area contributed by atoms with E-state index in [1.807, 2.05) is 24.3 Å². The summed E-state index contributed by atoms with van der Waals surface area (Å²) in [4.78, 5) is 0. The van der Waals surface area contributed by atoms with Crippen LogP contribution in [0.4, 0.5) is 5.88 Å². The first-order valence-corrected chi connectivity index (χ1v) is 7.10. The molecule has 3 rings (SSSR count). The van der Waals surface area contributed by atoms with Crippen LogP contribution in [0.25, 0.3) is 11.1 Å². The Morgan fingerprint density at radius 3 is 2.90 bits per heavy atom. The fraction of sp³-hybridized carbons (Fsp3) is 0.438. The zero-order chi connectivity index (χ0) is 14.1. The lowest BCUT2D eigenvalue weighted by molar-refractivity contribution is 0.407. The van der Waals surface area contributed by atoms with Crippen molar-refractivity contribution in [3.63, 3.8) is 0 Å². The molecule has 0 amide bonds. The number of nitrogens with zero attached hydrogens (tertiary/aromatic N) is 1. The van der Waals surface area contributed by atoms with Gasteiger partial charge in [0.1, 0.15) is 5.75 Å². The summed E-state index contributed by atoms with van der Waals surface area (Å²) in [7, 11) is 1.66. The van der Waals surface area contributed by atoms with E-state index >= 15 is 0 Å². The van der Waals surface area contributed by atoms with Gasteiger partial charge in [-0.2, -0.15) is 0 Å². The summed E-state index contributed by atoms with van der Waals surface area (Å²) in [6, 6.07) is 7.88. The van der Waals surface area contributed by atoms with Crippen LogP contribution in [-0.4, -0.2) is 12.3 Å². The molecule has 1 aromatic carbocycles. The molecular weight excluding hydrogens is 252 g/mol. The molecule has 2 unspecified atom stereocenters. The molecule has 1 fully saturated rings. The Labute approximate surface area is 118 Å². The summed E-state index contributed by atoms with van der Waals surface area (Å²) in [5.74, 6) is 2.28. The van der Waals surface area contributed by atoms with E-state index in [-0.39, 0.29) is 0 Å². The average Bonchev–Trinajstić information content (AvgIpc) is 3.04. The lowest BCUT2D eigenvalue weighted by Crippen LogP contribution is -2.04. The van der Waals surface area contributed by atoms with Crippen LogP contribution in [0.15, 0.2) is 28.8 Å². The SMILES string of the molecule is COc1cccc(-c2c(C3CCCC3C)noc2N)c1. The zero-order valence-corrected chi connectivity index (χ0v) is 11.9. The number of benzene rings is 1. The molecule has 1 saturated carbocycles. The quantitative estimate of drug-likeness (QED) is 0.922. The number of nitrogens with two attached hydrogens (primary N) is 1. The van der Waals surface area contributed by atoms with Gasteiger partial charge in [-0.25, -0.2) is 0 Å². The van der Waals surface area contributed by atoms with Gasteiger partial charge in [0, 0.05) is 5.92 Å². The molecule has 1 aromatic heterocycles. The maximum Gasteiger partial charge on any atom is 0.230 e. The monoisotopic (exact) mass is 272 g/mol.